The lowest BCUT2D eigenvalue weighted by atomic mass is 9.68. The van der Waals surface area contributed by atoms with Crippen LogP contribution < -0.4 is 0 Å². The normalized spacial score (nSPS) is 25.5. The van der Waals surface area contributed by atoms with Crippen LogP contribution in [0.25, 0.3) is 0 Å². The van der Waals surface area contributed by atoms with Gasteiger partial charge in [0.1, 0.15) is 5.82 Å². The van der Waals surface area contributed by atoms with Crippen LogP contribution in [0.2, 0.25) is 0 Å². The molecule has 0 bridgehead atoms. The van der Waals surface area contributed by atoms with Crippen molar-refractivity contribution in [2.75, 3.05) is 13.6 Å². The van der Waals surface area contributed by atoms with E-state index in [9.17, 15) is 9.18 Å². The summed E-state index contributed by atoms with van der Waals surface area (Å²) in [5.74, 6) is 3.20. The van der Waals surface area contributed by atoms with Crippen molar-refractivity contribution in [3.8, 4) is 0 Å². The van der Waals surface area contributed by atoms with Crippen LogP contribution in [0.15, 0.2) is 30.9 Å². The van der Waals surface area contributed by atoms with Crippen molar-refractivity contribution >= 4 is 5.91 Å². The number of nitrogens with zero attached hydrogens (tertiary/aromatic N) is 1. The third-order valence-corrected chi connectivity index (χ3v) is 8.58. The molecule has 184 valence electrons. The highest BCUT2D eigenvalue weighted by molar-refractivity contribution is 5.86. The van der Waals surface area contributed by atoms with Crippen molar-refractivity contribution in [1.82, 2.24) is 4.90 Å². The van der Waals surface area contributed by atoms with E-state index in [1.165, 1.54) is 88.7 Å². The SMILES string of the molecule is C=CC(=O)N(C)CCCc1ccc(C2CCC(C3CCC(CCCCC)CC3)CC2)cc1F. The maximum atomic E-state index is 14.8. The van der Waals surface area contributed by atoms with Gasteiger partial charge < -0.3 is 4.90 Å². The molecule has 0 spiro atoms. The van der Waals surface area contributed by atoms with E-state index >= 15 is 0 Å². The minimum atomic E-state index is -0.0820. The Labute approximate surface area is 202 Å². The Morgan fingerprint density at radius 1 is 1.03 bits per heavy atom. The fourth-order valence-electron chi connectivity index (χ4n) is 6.35. The van der Waals surface area contributed by atoms with Crippen LogP contribution in [0.4, 0.5) is 4.39 Å². The molecule has 2 fully saturated rings. The molecule has 0 heterocycles. The number of aryl methyl sites for hydroxylation is 1. The summed E-state index contributed by atoms with van der Waals surface area (Å²) < 4.78 is 14.8. The average molecular weight is 456 g/mol. The average Bonchev–Trinajstić information content (AvgIpc) is 2.85. The van der Waals surface area contributed by atoms with Crippen LogP contribution in [0, 0.1) is 23.6 Å². The highest BCUT2D eigenvalue weighted by Crippen LogP contribution is 2.44. The Bertz CT molecular complexity index is 744. The van der Waals surface area contributed by atoms with Gasteiger partial charge >= 0.3 is 0 Å². The molecule has 1 aromatic carbocycles. The molecule has 0 radical (unpaired) electrons. The number of rotatable bonds is 11. The molecule has 0 saturated heterocycles. The summed E-state index contributed by atoms with van der Waals surface area (Å²) in [6.45, 7) is 6.43. The van der Waals surface area contributed by atoms with Crippen molar-refractivity contribution in [3.63, 3.8) is 0 Å². The summed E-state index contributed by atoms with van der Waals surface area (Å²) in [7, 11) is 1.76. The van der Waals surface area contributed by atoms with E-state index in [-0.39, 0.29) is 11.7 Å². The molecule has 1 amide bonds. The number of carbonyl (C=O) groups is 1. The van der Waals surface area contributed by atoms with Crippen molar-refractivity contribution in [2.24, 2.45) is 17.8 Å². The molecule has 2 saturated carbocycles. The Balaban J connectivity index is 1.41. The molecular weight excluding hydrogens is 409 g/mol. The van der Waals surface area contributed by atoms with Gasteiger partial charge in [0.05, 0.1) is 0 Å². The van der Waals surface area contributed by atoms with Crippen molar-refractivity contribution in [2.45, 2.75) is 103 Å². The molecule has 3 heteroatoms. The van der Waals surface area contributed by atoms with Crippen molar-refractivity contribution in [1.29, 1.82) is 0 Å². The Morgan fingerprint density at radius 2 is 1.70 bits per heavy atom. The fourth-order valence-corrected chi connectivity index (χ4v) is 6.35. The van der Waals surface area contributed by atoms with E-state index in [4.69, 9.17) is 0 Å². The number of hydrogen-bond acceptors (Lipinski definition) is 1. The first-order valence-electron chi connectivity index (χ1n) is 13.7. The summed E-state index contributed by atoms with van der Waals surface area (Å²) in [4.78, 5) is 13.2. The topological polar surface area (TPSA) is 20.3 Å². The van der Waals surface area contributed by atoms with Crippen LogP contribution in [0.1, 0.15) is 107 Å². The molecule has 1 aromatic rings. The van der Waals surface area contributed by atoms with E-state index in [0.29, 0.717) is 18.9 Å². The third kappa shape index (κ3) is 7.69. The first-order chi connectivity index (χ1) is 16.0. The van der Waals surface area contributed by atoms with E-state index < -0.39 is 0 Å². The second kappa shape index (κ2) is 13.3. The first-order valence-corrected chi connectivity index (χ1v) is 13.7. The molecule has 0 unspecified atom stereocenters. The van der Waals surface area contributed by atoms with Gasteiger partial charge in [-0.25, -0.2) is 4.39 Å². The maximum Gasteiger partial charge on any atom is 0.245 e. The van der Waals surface area contributed by atoms with Gasteiger partial charge in [-0.2, -0.15) is 0 Å². The third-order valence-electron chi connectivity index (χ3n) is 8.58. The predicted molar refractivity (Wildman–Crippen MR) is 137 cm³/mol. The van der Waals surface area contributed by atoms with Gasteiger partial charge in [0.15, 0.2) is 0 Å². The lowest BCUT2D eigenvalue weighted by molar-refractivity contribution is -0.124. The highest BCUT2D eigenvalue weighted by Gasteiger charge is 2.31. The highest BCUT2D eigenvalue weighted by atomic mass is 19.1. The Morgan fingerprint density at radius 3 is 2.30 bits per heavy atom. The number of unbranched alkanes of at least 4 members (excludes halogenated alkanes) is 2. The molecule has 0 N–H and O–H groups in total. The minimum absolute atomic E-state index is 0.0753. The van der Waals surface area contributed by atoms with Gasteiger partial charge in [-0.3, -0.25) is 4.79 Å². The van der Waals surface area contributed by atoms with E-state index in [2.05, 4.69) is 19.6 Å². The Kier molecular flexibility index (Phi) is 10.5. The van der Waals surface area contributed by atoms with Crippen LogP contribution in [-0.2, 0) is 11.2 Å². The second-order valence-electron chi connectivity index (χ2n) is 10.8. The largest absolute Gasteiger partial charge is 0.342 e. The van der Waals surface area contributed by atoms with E-state index in [0.717, 1.165) is 29.7 Å². The van der Waals surface area contributed by atoms with Crippen LogP contribution in [-0.4, -0.2) is 24.4 Å². The summed E-state index contributed by atoms with van der Waals surface area (Å²) >= 11 is 0. The molecule has 2 aliphatic carbocycles. The molecule has 2 aliphatic rings. The molecule has 0 atom stereocenters. The lowest BCUT2D eigenvalue weighted by Crippen LogP contribution is -2.26. The second-order valence-corrected chi connectivity index (χ2v) is 10.8. The number of benzene rings is 1. The zero-order valence-corrected chi connectivity index (χ0v) is 21.2. The zero-order chi connectivity index (χ0) is 23.6. The molecule has 0 aromatic heterocycles. The number of hydrogen-bond donors (Lipinski definition) is 0. The van der Waals surface area contributed by atoms with Gasteiger partial charge in [0.2, 0.25) is 5.91 Å². The molecule has 3 rings (SSSR count). The van der Waals surface area contributed by atoms with Crippen molar-refractivity contribution in [3.05, 3.63) is 47.8 Å². The van der Waals surface area contributed by atoms with Gasteiger partial charge in [0, 0.05) is 13.6 Å². The molecule has 2 nitrogen and oxygen atoms in total. The van der Waals surface area contributed by atoms with Crippen LogP contribution >= 0.6 is 0 Å². The summed E-state index contributed by atoms with van der Waals surface area (Å²) in [6, 6.07) is 5.93. The predicted octanol–water partition coefficient (Wildman–Crippen LogP) is 8.06. The van der Waals surface area contributed by atoms with Crippen LogP contribution in [0.5, 0.6) is 0 Å². The van der Waals surface area contributed by atoms with Crippen molar-refractivity contribution < 1.29 is 9.18 Å². The van der Waals surface area contributed by atoms with Crippen LogP contribution in [0.3, 0.4) is 0 Å². The molecule has 0 aliphatic heterocycles. The number of likely N-dealkylation sites (N-methyl/N-ethyl adjacent to an activating group) is 1. The molecule has 33 heavy (non-hydrogen) atoms. The van der Waals surface area contributed by atoms with E-state index in [1.54, 1.807) is 18.0 Å². The summed E-state index contributed by atoms with van der Waals surface area (Å²) in [6.07, 6.45) is 19.3. The standard InChI is InChI=1S/C30H46FNO/c1-4-6-7-9-23-11-13-24(14-12-23)25-15-17-26(18-16-25)28-20-19-27(29(31)22-28)10-8-21-32(3)30(33)5-2/h5,19-20,22-26H,2,4,6-18,21H2,1,3H3. The monoisotopic (exact) mass is 455 g/mol. The van der Waals surface area contributed by atoms with Gasteiger partial charge in [-0.15, -0.1) is 0 Å². The smallest absolute Gasteiger partial charge is 0.245 e. The van der Waals surface area contributed by atoms with Gasteiger partial charge in [-0.05, 0) is 98.3 Å². The quantitative estimate of drug-likeness (QED) is 0.244. The fraction of sp³-hybridized carbons (Fsp3) is 0.700. The summed E-state index contributed by atoms with van der Waals surface area (Å²) in [5, 5.41) is 0. The lowest BCUT2D eigenvalue weighted by Gasteiger charge is -2.38. The number of amides is 1. The summed E-state index contributed by atoms with van der Waals surface area (Å²) in [5.41, 5.74) is 1.95. The van der Waals surface area contributed by atoms with Gasteiger partial charge in [0.25, 0.3) is 0 Å². The Hall–Kier alpha value is -1.64. The minimum Gasteiger partial charge on any atom is -0.342 e. The zero-order valence-electron chi connectivity index (χ0n) is 21.2. The van der Waals surface area contributed by atoms with E-state index in [1.807, 2.05) is 6.07 Å². The molecular formula is C30H46FNO. The number of halogens is 1. The van der Waals surface area contributed by atoms with Gasteiger partial charge in [-0.1, -0.05) is 64.2 Å². The maximum absolute atomic E-state index is 14.8. The number of carbonyl (C=O) groups excluding carboxylic acids is 1. The first kappa shape index (κ1) is 26.0.